The van der Waals surface area contributed by atoms with Crippen LogP contribution in [0, 0.1) is 13.8 Å². The summed E-state index contributed by atoms with van der Waals surface area (Å²) in [5.41, 5.74) is 9.66. The lowest BCUT2D eigenvalue weighted by Crippen LogP contribution is -2.13. The molecule has 0 aliphatic carbocycles. The van der Waals surface area contributed by atoms with Crippen molar-refractivity contribution in [2.24, 2.45) is 5.73 Å². The first-order chi connectivity index (χ1) is 10.1. The Morgan fingerprint density at radius 3 is 2.52 bits per heavy atom. The van der Waals surface area contributed by atoms with E-state index in [-0.39, 0.29) is 6.04 Å². The van der Waals surface area contributed by atoms with Crippen molar-refractivity contribution >= 4 is 11.8 Å². The van der Waals surface area contributed by atoms with Gasteiger partial charge >= 0.3 is 0 Å². The van der Waals surface area contributed by atoms with Gasteiger partial charge in [0.2, 0.25) is 0 Å². The van der Waals surface area contributed by atoms with Crippen molar-refractivity contribution in [1.29, 1.82) is 0 Å². The minimum absolute atomic E-state index is 0.00621. The van der Waals surface area contributed by atoms with Gasteiger partial charge in [-0.3, -0.25) is 0 Å². The van der Waals surface area contributed by atoms with Gasteiger partial charge in [0.1, 0.15) is 5.75 Å². The predicted octanol–water partition coefficient (Wildman–Crippen LogP) is 3.89. The molecular weight excluding hydrogens is 280 g/mol. The van der Waals surface area contributed by atoms with Crippen LogP contribution in [0.1, 0.15) is 29.8 Å². The van der Waals surface area contributed by atoms with Crippen LogP contribution in [-0.2, 0) is 0 Å². The lowest BCUT2D eigenvalue weighted by Gasteiger charge is -2.13. The highest BCUT2D eigenvalue weighted by Crippen LogP contribution is 2.24. The molecule has 2 rings (SSSR count). The van der Waals surface area contributed by atoms with E-state index in [4.69, 9.17) is 10.5 Å². The summed E-state index contributed by atoms with van der Waals surface area (Å²) in [7, 11) is 0. The van der Waals surface area contributed by atoms with Gasteiger partial charge in [-0.05, 0) is 56.2 Å². The number of pyridine rings is 1. The third-order valence-corrected chi connectivity index (χ3v) is 4.13. The van der Waals surface area contributed by atoms with Crippen molar-refractivity contribution in [3.8, 4) is 5.75 Å². The maximum atomic E-state index is 6.25. The summed E-state index contributed by atoms with van der Waals surface area (Å²) < 4.78 is 5.44. The van der Waals surface area contributed by atoms with E-state index in [0.717, 1.165) is 27.8 Å². The normalized spacial score (nSPS) is 12.2. The molecule has 0 aliphatic rings. The number of hydrogen-bond donors (Lipinski definition) is 1. The molecular formula is C17H22N2OS. The Hall–Kier alpha value is -1.52. The summed E-state index contributed by atoms with van der Waals surface area (Å²) in [5.74, 6) is 1.70. The van der Waals surface area contributed by atoms with Crippen molar-refractivity contribution in [3.05, 3.63) is 53.2 Å². The molecule has 112 valence electrons. The standard InChI is InChI=1S/C17H22N2OS/c1-4-20-15-7-5-14(6-8-15)16(18)11-21-17-10-12(2)9-13(3)19-17/h5-10,16H,4,11,18H2,1-3H3. The second kappa shape index (κ2) is 7.48. The second-order valence-corrected chi connectivity index (χ2v) is 6.08. The number of nitrogens with zero attached hydrogens (tertiary/aromatic N) is 1. The molecule has 2 aromatic rings. The summed E-state index contributed by atoms with van der Waals surface area (Å²) in [6.45, 7) is 6.77. The van der Waals surface area contributed by atoms with E-state index in [2.05, 4.69) is 24.0 Å². The highest BCUT2D eigenvalue weighted by molar-refractivity contribution is 7.99. The molecule has 1 unspecified atom stereocenters. The van der Waals surface area contributed by atoms with E-state index in [9.17, 15) is 0 Å². The van der Waals surface area contributed by atoms with Crippen LogP contribution in [0.15, 0.2) is 41.4 Å². The largest absolute Gasteiger partial charge is 0.494 e. The Bertz CT molecular complexity index is 564. The lowest BCUT2D eigenvalue weighted by molar-refractivity contribution is 0.340. The maximum Gasteiger partial charge on any atom is 0.119 e. The quantitative estimate of drug-likeness (QED) is 0.822. The monoisotopic (exact) mass is 302 g/mol. The first-order valence-electron chi connectivity index (χ1n) is 7.15. The van der Waals surface area contributed by atoms with Gasteiger partial charge < -0.3 is 10.5 Å². The van der Waals surface area contributed by atoms with Gasteiger partial charge in [-0.1, -0.05) is 12.1 Å². The molecule has 21 heavy (non-hydrogen) atoms. The number of rotatable bonds is 6. The number of hydrogen-bond acceptors (Lipinski definition) is 4. The van der Waals surface area contributed by atoms with Crippen molar-refractivity contribution < 1.29 is 4.74 Å². The molecule has 0 radical (unpaired) electrons. The molecule has 1 heterocycles. The van der Waals surface area contributed by atoms with Gasteiger partial charge in [0, 0.05) is 17.5 Å². The first-order valence-corrected chi connectivity index (χ1v) is 8.13. The summed E-state index contributed by atoms with van der Waals surface area (Å²) in [6, 6.07) is 12.2. The predicted molar refractivity (Wildman–Crippen MR) is 89.0 cm³/mol. The van der Waals surface area contributed by atoms with Crippen LogP contribution < -0.4 is 10.5 Å². The van der Waals surface area contributed by atoms with E-state index in [1.807, 2.05) is 38.1 Å². The Balaban J connectivity index is 1.96. The number of aromatic nitrogens is 1. The van der Waals surface area contributed by atoms with E-state index < -0.39 is 0 Å². The molecule has 1 aromatic carbocycles. The minimum Gasteiger partial charge on any atom is -0.494 e. The average Bonchev–Trinajstić information content (AvgIpc) is 2.45. The Morgan fingerprint density at radius 2 is 1.90 bits per heavy atom. The molecule has 0 fully saturated rings. The van der Waals surface area contributed by atoms with Gasteiger partial charge in [-0.15, -0.1) is 11.8 Å². The number of aryl methyl sites for hydroxylation is 2. The Labute approximate surface area is 130 Å². The molecule has 0 aliphatic heterocycles. The molecule has 0 spiro atoms. The van der Waals surface area contributed by atoms with Crippen LogP contribution in [-0.4, -0.2) is 17.3 Å². The second-order valence-electron chi connectivity index (χ2n) is 5.04. The zero-order valence-electron chi connectivity index (χ0n) is 12.8. The van der Waals surface area contributed by atoms with Crippen LogP contribution in [0.3, 0.4) is 0 Å². The molecule has 1 aromatic heterocycles. The zero-order valence-corrected chi connectivity index (χ0v) is 13.6. The third-order valence-electron chi connectivity index (χ3n) is 3.10. The fourth-order valence-corrected chi connectivity index (χ4v) is 3.15. The van der Waals surface area contributed by atoms with Gasteiger partial charge in [-0.2, -0.15) is 0 Å². The number of benzene rings is 1. The smallest absolute Gasteiger partial charge is 0.119 e. The minimum atomic E-state index is -0.00621. The highest BCUT2D eigenvalue weighted by atomic mass is 32.2. The number of thioether (sulfide) groups is 1. The fraction of sp³-hybridized carbons (Fsp3) is 0.353. The van der Waals surface area contributed by atoms with Gasteiger partial charge in [0.05, 0.1) is 11.6 Å². The summed E-state index contributed by atoms with van der Waals surface area (Å²) in [5, 5.41) is 1.04. The zero-order chi connectivity index (χ0) is 15.2. The lowest BCUT2D eigenvalue weighted by atomic mass is 10.1. The molecule has 0 saturated heterocycles. The van der Waals surface area contributed by atoms with Crippen molar-refractivity contribution in [2.45, 2.75) is 31.8 Å². The van der Waals surface area contributed by atoms with Crippen LogP contribution in [0.5, 0.6) is 5.75 Å². The summed E-state index contributed by atoms with van der Waals surface area (Å²) >= 11 is 1.70. The Morgan fingerprint density at radius 1 is 1.19 bits per heavy atom. The molecule has 2 N–H and O–H groups in total. The molecule has 1 atom stereocenters. The Kier molecular flexibility index (Phi) is 5.65. The fourth-order valence-electron chi connectivity index (χ4n) is 2.13. The molecule has 4 heteroatoms. The molecule has 0 bridgehead atoms. The maximum absolute atomic E-state index is 6.25. The van der Waals surface area contributed by atoms with Crippen LogP contribution in [0.2, 0.25) is 0 Å². The summed E-state index contributed by atoms with van der Waals surface area (Å²) in [6.07, 6.45) is 0. The molecule has 3 nitrogen and oxygen atoms in total. The van der Waals surface area contributed by atoms with Crippen molar-refractivity contribution in [1.82, 2.24) is 4.98 Å². The van der Waals surface area contributed by atoms with Crippen molar-refractivity contribution in [2.75, 3.05) is 12.4 Å². The van der Waals surface area contributed by atoms with Crippen molar-refractivity contribution in [3.63, 3.8) is 0 Å². The van der Waals surface area contributed by atoms with E-state index in [0.29, 0.717) is 6.61 Å². The summed E-state index contributed by atoms with van der Waals surface area (Å²) in [4.78, 5) is 4.53. The first kappa shape index (κ1) is 15.9. The van der Waals surface area contributed by atoms with Gasteiger partial charge in [0.15, 0.2) is 0 Å². The van der Waals surface area contributed by atoms with Crippen LogP contribution in [0.4, 0.5) is 0 Å². The van der Waals surface area contributed by atoms with Gasteiger partial charge in [0.25, 0.3) is 0 Å². The third kappa shape index (κ3) is 4.76. The number of nitrogens with two attached hydrogens (primary N) is 1. The van der Waals surface area contributed by atoms with E-state index >= 15 is 0 Å². The van der Waals surface area contributed by atoms with Crippen LogP contribution in [0.25, 0.3) is 0 Å². The molecule has 0 amide bonds. The topological polar surface area (TPSA) is 48.1 Å². The SMILES string of the molecule is CCOc1ccc(C(N)CSc2cc(C)cc(C)n2)cc1. The molecule has 0 saturated carbocycles. The van der Waals surface area contributed by atoms with Crippen LogP contribution >= 0.6 is 11.8 Å². The van der Waals surface area contributed by atoms with E-state index in [1.165, 1.54) is 5.56 Å². The van der Waals surface area contributed by atoms with Gasteiger partial charge in [-0.25, -0.2) is 4.98 Å². The average molecular weight is 302 g/mol. The number of ether oxygens (including phenoxy) is 1. The van der Waals surface area contributed by atoms with E-state index in [1.54, 1.807) is 11.8 Å². The highest BCUT2D eigenvalue weighted by Gasteiger charge is 2.08.